The van der Waals surface area contributed by atoms with Crippen LogP contribution in [0, 0.1) is 44.3 Å². The summed E-state index contributed by atoms with van der Waals surface area (Å²) in [6.45, 7) is 18.8. The number of carboxylic acid groups (broad SMARTS) is 1. The molecule has 6 rings (SSSR count). The molecule has 0 saturated heterocycles. The van der Waals surface area contributed by atoms with Gasteiger partial charge in [-0.3, -0.25) is 4.79 Å². The topological polar surface area (TPSA) is 89.9 Å². The average Bonchev–Trinajstić information content (AvgIpc) is 2.98. The van der Waals surface area contributed by atoms with Gasteiger partial charge in [-0.05, 0) is 109 Å². The van der Waals surface area contributed by atoms with Crippen LogP contribution in [0.2, 0.25) is 0 Å². The van der Waals surface area contributed by atoms with Crippen molar-refractivity contribution in [3.8, 4) is 0 Å². The zero-order valence-electron chi connectivity index (χ0n) is 29.3. The van der Waals surface area contributed by atoms with Gasteiger partial charge in [-0.15, -0.1) is 0 Å². The number of rotatable bonds is 5. The Hall–Kier alpha value is -2.89. The lowest BCUT2D eigenvalue weighted by atomic mass is 9.35. The number of carbonyl (C=O) groups excluding carboxylic acids is 2. The fourth-order valence-electron chi connectivity index (χ4n) is 11.4. The summed E-state index contributed by atoms with van der Waals surface area (Å²) in [5, 5.41) is 9.59. The molecule has 1 N–H and O–H groups in total. The first kappa shape index (κ1) is 33.0. The number of aromatic carboxylic acids is 1. The van der Waals surface area contributed by atoms with Gasteiger partial charge in [0.2, 0.25) is 0 Å². The van der Waals surface area contributed by atoms with Crippen LogP contribution in [0.15, 0.2) is 47.6 Å². The normalized spacial score (nSPS) is 40.9. The molecule has 5 aliphatic carbocycles. The van der Waals surface area contributed by atoms with Gasteiger partial charge in [-0.2, -0.15) is 0 Å². The Bertz CT molecular complexity index is 1520. The molecule has 6 nitrogen and oxygen atoms in total. The number of hydrogen-bond donors (Lipinski definition) is 1. The minimum Gasteiger partial charge on any atom is -0.478 e. The zero-order valence-corrected chi connectivity index (χ0v) is 29.3. The minimum atomic E-state index is -1.12. The van der Waals surface area contributed by atoms with Crippen molar-refractivity contribution in [2.24, 2.45) is 44.3 Å². The molecule has 250 valence electrons. The van der Waals surface area contributed by atoms with Gasteiger partial charge in [0.1, 0.15) is 6.10 Å². The van der Waals surface area contributed by atoms with E-state index >= 15 is 0 Å². The van der Waals surface area contributed by atoms with Crippen molar-refractivity contribution < 1.29 is 29.0 Å². The molecule has 3 fully saturated rings. The number of benzene rings is 1. The summed E-state index contributed by atoms with van der Waals surface area (Å²) in [4.78, 5) is 36.8. The molecular formula is C40H54O6. The van der Waals surface area contributed by atoms with E-state index in [0.717, 1.165) is 44.9 Å². The van der Waals surface area contributed by atoms with E-state index in [1.54, 1.807) is 17.7 Å². The molecular weight excluding hydrogens is 576 g/mol. The lowest BCUT2D eigenvalue weighted by molar-refractivity contribution is -0.197. The number of fused-ring (bicyclic) bond motifs is 6. The fourth-order valence-corrected chi connectivity index (χ4v) is 11.4. The summed E-state index contributed by atoms with van der Waals surface area (Å²) in [6, 6.07) is 6.29. The predicted octanol–water partition coefficient (Wildman–Crippen LogP) is 9.20. The molecule has 0 amide bonds. The Morgan fingerprint density at radius 3 is 2.22 bits per heavy atom. The first-order chi connectivity index (χ1) is 21.4. The first-order valence-corrected chi connectivity index (χ1v) is 17.5. The van der Waals surface area contributed by atoms with Gasteiger partial charge in [0.25, 0.3) is 0 Å². The molecule has 0 unspecified atom stereocenters. The van der Waals surface area contributed by atoms with Gasteiger partial charge in [0.05, 0.1) is 17.7 Å². The molecule has 0 heterocycles. The summed E-state index contributed by atoms with van der Waals surface area (Å²) in [7, 11) is 0. The Morgan fingerprint density at radius 1 is 0.870 bits per heavy atom. The van der Waals surface area contributed by atoms with Crippen LogP contribution in [0.5, 0.6) is 0 Å². The highest BCUT2D eigenvalue weighted by Gasteiger charge is 2.67. The van der Waals surface area contributed by atoms with E-state index in [1.165, 1.54) is 37.5 Å². The third-order valence-electron chi connectivity index (χ3n) is 14.5. The molecule has 1 aromatic carbocycles. The van der Waals surface area contributed by atoms with Crippen molar-refractivity contribution in [1.29, 1.82) is 0 Å². The highest BCUT2D eigenvalue weighted by Crippen LogP contribution is 2.74. The highest BCUT2D eigenvalue weighted by atomic mass is 16.5. The van der Waals surface area contributed by atoms with Crippen LogP contribution in [0.4, 0.5) is 0 Å². The smallest absolute Gasteiger partial charge is 0.339 e. The van der Waals surface area contributed by atoms with E-state index in [1.807, 2.05) is 0 Å². The molecule has 8 atom stereocenters. The van der Waals surface area contributed by atoms with Crippen molar-refractivity contribution in [2.45, 2.75) is 119 Å². The summed E-state index contributed by atoms with van der Waals surface area (Å²) in [5.41, 5.74) is 3.26. The predicted molar refractivity (Wildman–Crippen MR) is 178 cm³/mol. The van der Waals surface area contributed by atoms with E-state index in [2.05, 4.69) is 60.6 Å². The second-order valence-corrected chi connectivity index (χ2v) is 17.5. The number of ether oxygens (including phenoxy) is 2. The molecule has 0 bridgehead atoms. The number of carbonyl (C=O) groups is 3. The molecule has 0 aromatic heterocycles. The van der Waals surface area contributed by atoms with Crippen LogP contribution in [-0.4, -0.2) is 35.7 Å². The van der Waals surface area contributed by atoms with Crippen molar-refractivity contribution in [1.82, 2.24) is 0 Å². The van der Waals surface area contributed by atoms with Crippen LogP contribution < -0.4 is 0 Å². The monoisotopic (exact) mass is 630 g/mol. The molecule has 1 aromatic rings. The summed E-state index contributed by atoms with van der Waals surface area (Å²) in [5.74, 6) is -0.941. The van der Waals surface area contributed by atoms with Crippen LogP contribution in [-0.2, 0) is 14.3 Å². The lowest BCUT2D eigenvalue weighted by Gasteiger charge is -2.69. The molecule has 5 aliphatic rings. The third-order valence-corrected chi connectivity index (χ3v) is 14.5. The number of allylic oxidation sites excluding steroid dienone is 4. The zero-order chi connectivity index (χ0) is 33.5. The third kappa shape index (κ3) is 4.82. The maximum atomic E-state index is 13.1. The average molecular weight is 631 g/mol. The van der Waals surface area contributed by atoms with Gasteiger partial charge in [0, 0.05) is 17.8 Å². The SMILES string of the molecule is CC(=O)O[C@H]1CC[C@]2(C)[C@H]3C=CC4=C5C[C@@](C)(COC(=O)c6ccccc6C(=O)O)CC[C@]5(C)CC[C@@]4(C)[C@]3(C)CC[C@H]2C1(C)C. The maximum Gasteiger partial charge on any atom is 0.339 e. The van der Waals surface area contributed by atoms with Crippen LogP contribution in [0.3, 0.4) is 0 Å². The summed E-state index contributed by atoms with van der Waals surface area (Å²) >= 11 is 0. The summed E-state index contributed by atoms with van der Waals surface area (Å²) < 4.78 is 11.8. The Kier molecular flexibility index (Phi) is 7.77. The molecule has 0 spiro atoms. The van der Waals surface area contributed by atoms with E-state index in [9.17, 15) is 19.5 Å². The summed E-state index contributed by atoms with van der Waals surface area (Å²) in [6.07, 6.45) is 14.6. The molecule has 0 radical (unpaired) electrons. The van der Waals surface area contributed by atoms with Gasteiger partial charge in [-0.25, -0.2) is 9.59 Å². The van der Waals surface area contributed by atoms with Gasteiger partial charge in [-0.1, -0.05) is 78.3 Å². The van der Waals surface area contributed by atoms with Gasteiger partial charge in [0.15, 0.2) is 0 Å². The largest absolute Gasteiger partial charge is 0.478 e. The second-order valence-electron chi connectivity index (χ2n) is 17.5. The Labute approximate surface area is 275 Å². The van der Waals surface area contributed by atoms with Crippen molar-refractivity contribution >= 4 is 17.9 Å². The standard InChI is InChI=1S/C40H54O6/c1-25(41)46-32-16-17-38(6)30(35(32,2)3)15-18-40(8)31(38)14-13-28-29-23-36(4,19-20-37(29,5)21-22-39(28,40)7)24-45-34(44)27-12-10-9-11-26(27)33(42)43/h9-14,30-32H,15-24H2,1-8H3,(H,42,43)/t30-,31+,32-,36-,37+,38-,39+,40+/m0/s1. The van der Waals surface area contributed by atoms with Crippen molar-refractivity contribution in [2.75, 3.05) is 6.61 Å². The van der Waals surface area contributed by atoms with E-state index in [0.29, 0.717) is 11.8 Å². The first-order valence-electron chi connectivity index (χ1n) is 17.5. The van der Waals surface area contributed by atoms with Crippen molar-refractivity contribution in [3.05, 3.63) is 58.7 Å². The second kappa shape index (κ2) is 10.8. The molecule has 46 heavy (non-hydrogen) atoms. The van der Waals surface area contributed by atoms with Gasteiger partial charge >= 0.3 is 17.9 Å². The minimum absolute atomic E-state index is 0.0244. The Morgan fingerprint density at radius 2 is 1.54 bits per heavy atom. The van der Waals surface area contributed by atoms with Crippen LogP contribution in [0.1, 0.15) is 134 Å². The quantitative estimate of drug-likeness (QED) is 0.326. The molecule has 0 aliphatic heterocycles. The van der Waals surface area contributed by atoms with E-state index < -0.39 is 11.9 Å². The van der Waals surface area contributed by atoms with Crippen molar-refractivity contribution in [3.63, 3.8) is 0 Å². The van der Waals surface area contributed by atoms with E-state index in [-0.39, 0.29) is 62.3 Å². The van der Waals surface area contributed by atoms with Gasteiger partial charge < -0.3 is 14.6 Å². The Balaban J connectivity index is 1.31. The van der Waals surface area contributed by atoms with Crippen LogP contribution >= 0.6 is 0 Å². The van der Waals surface area contributed by atoms with E-state index in [4.69, 9.17) is 9.47 Å². The van der Waals surface area contributed by atoms with Crippen LogP contribution in [0.25, 0.3) is 0 Å². The molecule has 6 heteroatoms. The number of hydrogen-bond acceptors (Lipinski definition) is 5. The molecule has 3 saturated carbocycles. The lowest BCUT2D eigenvalue weighted by Crippen LogP contribution is -2.63. The number of esters is 2. The maximum absolute atomic E-state index is 13.1. The fraction of sp³-hybridized carbons (Fsp3) is 0.675. The number of carboxylic acids is 1. The highest BCUT2D eigenvalue weighted by molar-refractivity contribution is 6.02.